The first-order chi connectivity index (χ1) is 5.74. The van der Waals surface area contributed by atoms with Gasteiger partial charge in [0.15, 0.2) is 0 Å². The lowest BCUT2D eigenvalue weighted by molar-refractivity contribution is 0.810. The van der Waals surface area contributed by atoms with Crippen LogP contribution < -0.4 is 0 Å². The summed E-state index contributed by atoms with van der Waals surface area (Å²) >= 11 is 0. The largest absolute Gasteiger partial charge is 0.229 e. The second-order valence-electron chi connectivity index (χ2n) is 2.83. The predicted molar refractivity (Wildman–Crippen MR) is 48.7 cm³/mol. The molecule has 0 saturated carbocycles. The minimum Gasteiger partial charge on any atom is -0.229 e. The van der Waals surface area contributed by atoms with Crippen molar-refractivity contribution in [2.45, 2.75) is 26.7 Å². The molecule has 0 aliphatic rings. The summed E-state index contributed by atoms with van der Waals surface area (Å²) in [6.45, 7) is 5.99. The van der Waals surface area contributed by atoms with Crippen LogP contribution in [0.2, 0.25) is 0 Å². The molecule has 1 aromatic rings. The van der Waals surface area contributed by atoms with Crippen LogP contribution in [0.4, 0.5) is 0 Å². The third-order valence-corrected chi connectivity index (χ3v) is 1.51. The molecule has 0 bridgehead atoms. The molecule has 1 rings (SSSR count). The van der Waals surface area contributed by atoms with E-state index in [4.69, 9.17) is 0 Å². The first kappa shape index (κ1) is 8.73. The zero-order valence-electron chi connectivity index (χ0n) is 7.63. The average molecular weight is 160 g/mol. The molecule has 0 unspecified atom stereocenters. The van der Waals surface area contributed by atoms with Crippen LogP contribution >= 0.6 is 0 Å². The Morgan fingerprint density at radius 3 is 2.75 bits per heavy atom. The van der Waals surface area contributed by atoms with Gasteiger partial charge in [-0.15, -0.1) is 0 Å². The highest BCUT2D eigenvalue weighted by Gasteiger charge is 2.00. The summed E-state index contributed by atoms with van der Waals surface area (Å²) in [4.78, 5) is 8.30. The van der Waals surface area contributed by atoms with Gasteiger partial charge < -0.3 is 0 Å². The monoisotopic (exact) mass is 160 g/mol. The minimum atomic E-state index is 0.436. The first-order valence-corrected chi connectivity index (χ1v) is 3.99. The number of hydrogen-bond acceptors (Lipinski definition) is 2. The topological polar surface area (TPSA) is 25.8 Å². The van der Waals surface area contributed by atoms with Crippen molar-refractivity contribution in [1.82, 2.24) is 9.97 Å². The van der Waals surface area contributed by atoms with Crippen molar-refractivity contribution in [2.75, 3.05) is 0 Å². The number of hydrogen-bond donors (Lipinski definition) is 0. The van der Waals surface area contributed by atoms with Crippen molar-refractivity contribution in [1.29, 1.82) is 0 Å². The third kappa shape index (κ3) is 2.06. The first-order valence-electron chi connectivity index (χ1n) is 3.99. The molecule has 0 amide bonds. The van der Waals surface area contributed by atoms with Crippen molar-refractivity contribution >= 4 is 0 Å². The molecule has 2 nitrogen and oxygen atoms in total. The molecule has 12 heavy (non-hydrogen) atoms. The lowest BCUT2D eigenvalue weighted by atomic mass is 10.1. The van der Waals surface area contributed by atoms with Crippen LogP contribution in [0.25, 0.3) is 0 Å². The molecule has 62 valence electrons. The second kappa shape index (κ2) is 3.87. The molecule has 0 fully saturated rings. The highest BCUT2D eigenvalue weighted by atomic mass is 14.9. The third-order valence-electron chi connectivity index (χ3n) is 1.51. The Morgan fingerprint density at radius 2 is 2.17 bits per heavy atom. The molecule has 0 aliphatic heterocycles. The molecule has 2 heteroatoms. The Hall–Kier alpha value is -1.36. The van der Waals surface area contributed by atoms with Crippen LogP contribution in [0.5, 0.6) is 0 Å². The van der Waals surface area contributed by atoms with Crippen LogP contribution in [0, 0.1) is 11.8 Å². The Labute approximate surface area is 73.1 Å². The summed E-state index contributed by atoms with van der Waals surface area (Å²) in [7, 11) is 0. The van der Waals surface area contributed by atoms with Crippen molar-refractivity contribution < 1.29 is 0 Å². The van der Waals surface area contributed by atoms with Gasteiger partial charge in [-0.3, -0.25) is 0 Å². The summed E-state index contributed by atoms with van der Waals surface area (Å²) in [5.41, 5.74) is 1.04. The lowest BCUT2D eigenvalue weighted by Crippen LogP contribution is -1.96. The van der Waals surface area contributed by atoms with Gasteiger partial charge in [-0.05, 0) is 24.8 Å². The fourth-order valence-electron chi connectivity index (χ4n) is 0.866. The van der Waals surface area contributed by atoms with Crippen LogP contribution in [0.3, 0.4) is 0 Å². The van der Waals surface area contributed by atoms with E-state index in [-0.39, 0.29) is 0 Å². The Kier molecular flexibility index (Phi) is 2.82. The van der Waals surface area contributed by atoms with E-state index < -0.39 is 0 Å². The zero-order chi connectivity index (χ0) is 8.97. The normalized spacial score (nSPS) is 9.33. The maximum absolute atomic E-state index is 4.28. The predicted octanol–water partition coefficient (Wildman–Crippen LogP) is 1.97. The molecule has 0 atom stereocenters. The van der Waals surface area contributed by atoms with Crippen molar-refractivity contribution in [3.63, 3.8) is 0 Å². The summed E-state index contributed by atoms with van der Waals surface area (Å²) in [5, 5.41) is 0. The molecule has 0 radical (unpaired) electrons. The SMILES string of the molecule is CC#Cc1nccc(C(C)C)n1. The molecule has 0 spiro atoms. The van der Waals surface area contributed by atoms with Gasteiger partial charge in [0.05, 0.1) is 0 Å². The minimum absolute atomic E-state index is 0.436. The lowest BCUT2D eigenvalue weighted by Gasteiger charge is -2.02. The summed E-state index contributed by atoms with van der Waals surface area (Å²) in [6, 6.07) is 1.92. The van der Waals surface area contributed by atoms with Crippen LogP contribution in [-0.4, -0.2) is 9.97 Å². The molecule has 0 saturated heterocycles. The van der Waals surface area contributed by atoms with Crippen molar-refractivity contribution in [2.24, 2.45) is 0 Å². The van der Waals surface area contributed by atoms with Gasteiger partial charge in [0.2, 0.25) is 5.82 Å². The zero-order valence-corrected chi connectivity index (χ0v) is 7.63. The molecule has 0 aliphatic carbocycles. The summed E-state index contributed by atoms with van der Waals surface area (Å²) in [6.07, 6.45) is 1.75. The van der Waals surface area contributed by atoms with Gasteiger partial charge in [0.1, 0.15) is 0 Å². The molecule has 0 aromatic carbocycles. The van der Waals surface area contributed by atoms with E-state index in [0.717, 1.165) is 5.69 Å². The van der Waals surface area contributed by atoms with Gasteiger partial charge in [0.25, 0.3) is 0 Å². The Bertz CT molecular complexity index is 318. The quantitative estimate of drug-likeness (QED) is 0.587. The van der Waals surface area contributed by atoms with Gasteiger partial charge in [-0.1, -0.05) is 19.8 Å². The van der Waals surface area contributed by atoms with E-state index in [9.17, 15) is 0 Å². The van der Waals surface area contributed by atoms with Gasteiger partial charge >= 0.3 is 0 Å². The highest BCUT2D eigenvalue weighted by Crippen LogP contribution is 2.09. The highest BCUT2D eigenvalue weighted by molar-refractivity contribution is 5.21. The molecular formula is C10H12N2. The van der Waals surface area contributed by atoms with E-state index in [2.05, 4.69) is 35.7 Å². The van der Waals surface area contributed by atoms with E-state index in [1.54, 1.807) is 13.1 Å². The van der Waals surface area contributed by atoms with Crippen LogP contribution in [0.15, 0.2) is 12.3 Å². The van der Waals surface area contributed by atoms with E-state index >= 15 is 0 Å². The van der Waals surface area contributed by atoms with Crippen molar-refractivity contribution in [3.05, 3.63) is 23.8 Å². The fraction of sp³-hybridized carbons (Fsp3) is 0.400. The smallest absolute Gasteiger partial charge is 0.205 e. The number of aromatic nitrogens is 2. The van der Waals surface area contributed by atoms with Gasteiger partial charge in [-0.25, -0.2) is 9.97 Å². The molecule has 1 aromatic heterocycles. The summed E-state index contributed by atoms with van der Waals surface area (Å²) in [5.74, 6) is 6.66. The van der Waals surface area contributed by atoms with E-state index in [0.29, 0.717) is 11.7 Å². The molecular weight excluding hydrogens is 148 g/mol. The average Bonchev–Trinajstić information content (AvgIpc) is 2.05. The number of rotatable bonds is 1. The maximum atomic E-state index is 4.28. The maximum Gasteiger partial charge on any atom is 0.205 e. The molecule has 1 heterocycles. The van der Waals surface area contributed by atoms with Gasteiger partial charge in [0, 0.05) is 11.9 Å². The van der Waals surface area contributed by atoms with E-state index in [1.165, 1.54) is 0 Å². The van der Waals surface area contributed by atoms with Crippen LogP contribution in [-0.2, 0) is 0 Å². The van der Waals surface area contributed by atoms with Crippen LogP contribution in [0.1, 0.15) is 38.2 Å². The van der Waals surface area contributed by atoms with Gasteiger partial charge in [-0.2, -0.15) is 0 Å². The fourth-order valence-corrected chi connectivity index (χ4v) is 0.866. The van der Waals surface area contributed by atoms with E-state index in [1.807, 2.05) is 6.07 Å². The second-order valence-corrected chi connectivity index (χ2v) is 2.83. The Balaban J connectivity index is 3.01. The Morgan fingerprint density at radius 1 is 1.42 bits per heavy atom. The number of nitrogens with zero attached hydrogens (tertiary/aromatic N) is 2. The summed E-state index contributed by atoms with van der Waals surface area (Å²) < 4.78 is 0. The van der Waals surface area contributed by atoms with Crippen molar-refractivity contribution in [3.8, 4) is 11.8 Å². The standard InChI is InChI=1S/C10H12N2/c1-4-5-10-11-7-6-9(12-10)8(2)3/h6-8H,1-3H3. The molecule has 0 N–H and O–H groups in total.